The zero-order chi connectivity index (χ0) is 20.2. The Bertz CT molecular complexity index is 1090. The van der Waals surface area contributed by atoms with Gasteiger partial charge in [-0.2, -0.15) is 0 Å². The number of fused-ring (bicyclic) bond motifs is 1. The van der Waals surface area contributed by atoms with E-state index in [1.807, 2.05) is 30.3 Å². The lowest BCUT2D eigenvalue weighted by Gasteiger charge is -2.12. The Morgan fingerprint density at radius 2 is 1.48 bits per heavy atom. The molecule has 0 aliphatic rings. The lowest BCUT2D eigenvalue weighted by molar-refractivity contribution is 0.272. The van der Waals surface area contributed by atoms with Crippen molar-refractivity contribution in [3.8, 4) is 11.5 Å². The monoisotopic (exact) mass is 386 g/mol. The van der Waals surface area contributed by atoms with Gasteiger partial charge in [-0.15, -0.1) is 0 Å². The van der Waals surface area contributed by atoms with Crippen LogP contribution in [0.2, 0.25) is 0 Å². The van der Waals surface area contributed by atoms with E-state index in [4.69, 9.17) is 14.5 Å². The molecule has 0 atom stereocenters. The maximum atomic E-state index is 6.03. The minimum Gasteiger partial charge on any atom is -0.492 e. The summed E-state index contributed by atoms with van der Waals surface area (Å²) in [6, 6.07) is 22.5. The molecule has 0 aliphatic heterocycles. The highest BCUT2D eigenvalue weighted by Crippen LogP contribution is 2.20. The standard InChI is InChI=1S/C25H26N2O2/c1-18-8-10-21(11-9-18)29-17-25-26-23-6-4-5-7-24(23)27(25)12-13-28-22-15-19(2)14-20(3)16-22/h4-11,14-16H,12-13,17H2,1-3H3. The fourth-order valence-electron chi connectivity index (χ4n) is 3.54. The molecule has 0 bridgehead atoms. The molecule has 148 valence electrons. The van der Waals surface area contributed by atoms with E-state index >= 15 is 0 Å². The van der Waals surface area contributed by atoms with E-state index < -0.39 is 0 Å². The molecule has 1 aromatic heterocycles. The summed E-state index contributed by atoms with van der Waals surface area (Å²) in [6.07, 6.45) is 0. The van der Waals surface area contributed by atoms with Crippen LogP contribution in [-0.2, 0) is 13.2 Å². The summed E-state index contributed by atoms with van der Waals surface area (Å²) in [5.74, 6) is 2.65. The predicted octanol–water partition coefficient (Wildman–Crippen LogP) is 5.62. The van der Waals surface area contributed by atoms with Crippen LogP contribution in [0.3, 0.4) is 0 Å². The van der Waals surface area contributed by atoms with Crippen LogP contribution < -0.4 is 9.47 Å². The molecule has 4 aromatic rings. The fourth-order valence-corrected chi connectivity index (χ4v) is 3.54. The number of hydrogen-bond acceptors (Lipinski definition) is 3. The van der Waals surface area contributed by atoms with Crippen LogP contribution in [0.25, 0.3) is 11.0 Å². The largest absolute Gasteiger partial charge is 0.492 e. The summed E-state index contributed by atoms with van der Waals surface area (Å²) < 4.78 is 14.2. The van der Waals surface area contributed by atoms with Gasteiger partial charge in [0, 0.05) is 0 Å². The molecule has 0 radical (unpaired) electrons. The molecule has 1 heterocycles. The van der Waals surface area contributed by atoms with E-state index in [9.17, 15) is 0 Å². The average Bonchev–Trinajstić information content (AvgIpc) is 3.05. The molecule has 0 aliphatic carbocycles. The zero-order valence-corrected chi connectivity index (χ0v) is 17.2. The molecule has 29 heavy (non-hydrogen) atoms. The van der Waals surface area contributed by atoms with Crippen LogP contribution in [0.5, 0.6) is 11.5 Å². The first-order valence-corrected chi connectivity index (χ1v) is 9.93. The molecular weight excluding hydrogens is 360 g/mol. The highest BCUT2D eigenvalue weighted by molar-refractivity contribution is 5.75. The molecule has 3 aromatic carbocycles. The van der Waals surface area contributed by atoms with Crippen molar-refractivity contribution in [1.29, 1.82) is 0 Å². The molecular formula is C25H26N2O2. The summed E-state index contributed by atoms with van der Waals surface area (Å²) >= 11 is 0. The first-order chi connectivity index (χ1) is 14.1. The van der Waals surface area contributed by atoms with Gasteiger partial charge in [0.2, 0.25) is 0 Å². The third kappa shape index (κ3) is 4.60. The van der Waals surface area contributed by atoms with Gasteiger partial charge < -0.3 is 14.0 Å². The van der Waals surface area contributed by atoms with Crippen molar-refractivity contribution in [2.45, 2.75) is 33.9 Å². The van der Waals surface area contributed by atoms with E-state index in [0.717, 1.165) is 28.4 Å². The number of rotatable bonds is 7. The Kier molecular flexibility index (Phi) is 5.52. The van der Waals surface area contributed by atoms with Gasteiger partial charge in [0.05, 0.1) is 17.6 Å². The van der Waals surface area contributed by atoms with Gasteiger partial charge in [0.25, 0.3) is 0 Å². The van der Waals surface area contributed by atoms with Crippen molar-refractivity contribution in [3.63, 3.8) is 0 Å². The van der Waals surface area contributed by atoms with Crippen molar-refractivity contribution in [2.24, 2.45) is 0 Å². The summed E-state index contributed by atoms with van der Waals surface area (Å²) in [5, 5.41) is 0. The Labute approximate surface area is 171 Å². The first-order valence-electron chi connectivity index (χ1n) is 9.93. The second kappa shape index (κ2) is 8.39. The van der Waals surface area contributed by atoms with Crippen molar-refractivity contribution in [3.05, 3.63) is 89.2 Å². The minimum absolute atomic E-state index is 0.418. The van der Waals surface area contributed by atoms with Crippen LogP contribution >= 0.6 is 0 Å². The van der Waals surface area contributed by atoms with Crippen molar-refractivity contribution in [2.75, 3.05) is 6.61 Å². The molecule has 0 saturated carbocycles. The molecule has 0 saturated heterocycles. The molecule has 4 heteroatoms. The molecule has 4 rings (SSSR count). The summed E-state index contributed by atoms with van der Waals surface area (Å²) in [6.45, 7) is 7.94. The normalized spacial score (nSPS) is 11.0. The van der Waals surface area contributed by atoms with E-state index in [1.165, 1.54) is 16.7 Å². The SMILES string of the molecule is Cc1ccc(OCc2nc3ccccc3n2CCOc2cc(C)cc(C)c2)cc1. The topological polar surface area (TPSA) is 36.3 Å². The maximum Gasteiger partial charge on any atom is 0.148 e. The van der Waals surface area contributed by atoms with Gasteiger partial charge in [-0.25, -0.2) is 4.98 Å². The first kappa shape index (κ1) is 19.1. The van der Waals surface area contributed by atoms with Crippen LogP contribution in [0.15, 0.2) is 66.7 Å². The summed E-state index contributed by atoms with van der Waals surface area (Å²) in [7, 11) is 0. The lowest BCUT2D eigenvalue weighted by Crippen LogP contribution is -2.13. The van der Waals surface area contributed by atoms with Crippen molar-refractivity contribution in [1.82, 2.24) is 9.55 Å². The number of hydrogen-bond donors (Lipinski definition) is 0. The smallest absolute Gasteiger partial charge is 0.148 e. The number of imidazole rings is 1. The number of benzene rings is 3. The molecule has 0 N–H and O–H groups in total. The number of ether oxygens (including phenoxy) is 2. The van der Waals surface area contributed by atoms with E-state index in [2.05, 4.69) is 61.7 Å². The minimum atomic E-state index is 0.418. The third-order valence-electron chi connectivity index (χ3n) is 4.90. The van der Waals surface area contributed by atoms with Crippen molar-refractivity contribution < 1.29 is 9.47 Å². The third-order valence-corrected chi connectivity index (χ3v) is 4.90. The Hall–Kier alpha value is -3.27. The predicted molar refractivity (Wildman–Crippen MR) is 117 cm³/mol. The van der Waals surface area contributed by atoms with Crippen LogP contribution in [0.4, 0.5) is 0 Å². The van der Waals surface area contributed by atoms with Crippen LogP contribution in [-0.4, -0.2) is 16.2 Å². The molecule has 0 fully saturated rings. The summed E-state index contributed by atoms with van der Waals surface area (Å²) in [5.41, 5.74) is 5.70. The van der Waals surface area contributed by atoms with Gasteiger partial charge in [-0.05, 0) is 68.3 Å². The van der Waals surface area contributed by atoms with E-state index in [0.29, 0.717) is 19.8 Å². The van der Waals surface area contributed by atoms with Gasteiger partial charge >= 0.3 is 0 Å². The highest BCUT2D eigenvalue weighted by atomic mass is 16.5. The lowest BCUT2D eigenvalue weighted by atomic mass is 10.1. The zero-order valence-electron chi connectivity index (χ0n) is 17.2. The van der Waals surface area contributed by atoms with Gasteiger partial charge in [-0.3, -0.25) is 0 Å². The van der Waals surface area contributed by atoms with E-state index in [-0.39, 0.29) is 0 Å². The summed E-state index contributed by atoms with van der Waals surface area (Å²) in [4.78, 5) is 4.78. The molecule has 4 nitrogen and oxygen atoms in total. The number of aromatic nitrogens is 2. The number of nitrogens with zero attached hydrogens (tertiary/aromatic N) is 2. The molecule has 0 amide bonds. The Morgan fingerprint density at radius 3 is 2.24 bits per heavy atom. The highest BCUT2D eigenvalue weighted by Gasteiger charge is 2.11. The van der Waals surface area contributed by atoms with Gasteiger partial charge in [0.1, 0.15) is 30.5 Å². The van der Waals surface area contributed by atoms with Gasteiger partial charge in [0.15, 0.2) is 0 Å². The molecule has 0 spiro atoms. The fraction of sp³-hybridized carbons (Fsp3) is 0.240. The number of aryl methyl sites for hydroxylation is 3. The van der Waals surface area contributed by atoms with Crippen molar-refractivity contribution >= 4 is 11.0 Å². The van der Waals surface area contributed by atoms with Crippen LogP contribution in [0, 0.1) is 20.8 Å². The quantitative estimate of drug-likeness (QED) is 0.414. The van der Waals surface area contributed by atoms with Gasteiger partial charge in [-0.1, -0.05) is 35.9 Å². The second-order valence-electron chi connectivity index (χ2n) is 7.44. The maximum absolute atomic E-state index is 6.03. The Balaban J connectivity index is 1.50. The Morgan fingerprint density at radius 1 is 0.759 bits per heavy atom. The number of para-hydroxylation sites is 2. The average molecular weight is 386 g/mol. The second-order valence-corrected chi connectivity index (χ2v) is 7.44. The van der Waals surface area contributed by atoms with Crippen LogP contribution in [0.1, 0.15) is 22.5 Å². The van der Waals surface area contributed by atoms with E-state index in [1.54, 1.807) is 0 Å². The molecule has 0 unspecified atom stereocenters.